The van der Waals surface area contributed by atoms with Gasteiger partial charge in [0.1, 0.15) is 6.04 Å². The zero-order chi connectivity index (χ0) is 13.5. The van der Waals surface area contributed by atoms with Crippen molar-refractivity contribution in [2.24, 2.45) is 0 Å². The minimum absolute atomic E-state index is 0.132. The summed E-state index contributed by atoms with van der Waals surface area (Å²) in [6, 6.07) is 0.516. The fraction of sp³-hybridized carbons (Fsp3) is 0.500. The van der Waals surface area contributed by atoms with Crippen LogP contribution in [0.3, 0.4) is 0 Å². The average molecular weight is 270 g/mol. The number of nitrogens with one attached hydrogen (secondary N) is 2. The van der Waals surface area contributed by atoms with Gasteiger partial charge in [-0.1, -0.05) is 13.3 Å². The van der Waals surface area contributed by atoms with Crippen LogP contribution in [0, 0.1) is 0 Å². The van der Waals surface area contributed by atoms with Gasteiger partial charge in [-0.15, -0.1) is 0 Å². The largest absolute Gasteiger partial charge is 0.480 e. The summed E-state index contributed by atoms with van der Waals surface area (Å²) in [7, 11) is 0. The molecule has 1 heterocycles. The van der Waals surface area contributed by atoms with E-state index >= 15 is 0 Å². The molecule has 0 aliphatic rings. The van der Waals surface area contributed by atoms with Gasteiger partial charge in [0.25, 0.3) is 0 Å². The minimum Gasteiger partial charge on any atom is -0.480 e. The lowest BCUT2D eigenvalue weighted by Gasteiger charge is -2.17. The number of urea groups is 1. The molecule has 0 aromatic carbocycles. The molecule has 0 bridgehead atoms. The Morgan fingerprint density at radius 3 is 2.67 bits per heavy atom. The fourth-order valence-electron chi connectivity index (χ4n) is 1.55. The maximum atomic E-state index is 11.7. The third kappa shape index (κ3) is 4.37. The number of aliphatic carboxylic acids is 1. The number of carboxylic acids is 1. The first-order valence-electron chi connectivity index (χ1n) is 5.86. The second-order valence-electron chi connectivity index (χ2n) is 4.08. The molecule has 0 fully saturated rings. The molecule has 0 aliphatic heterocycles. The van der Waals surface area contributed by atoms with Crippen molar-refractivity contribution in [1.82, 2.24) is 10.6 Å². The number of carboxylic acid groups (broad SMARTS) is 1. The molecule has 6 heteroatoms. The van der Waals surface area contributed by atoms with Gasteiger partial charge in [-0.05, 0) is 35.7 Å². The Balaban J connectivity index is 2.47. The van der Waals surface area contributed by atoms with Gasteiger partial charge < -0.3 is 15.7 Å². The molecule has 1 aromatic rings. The predicted molar refractivity (Wildman–Crippen MR) is 70.7 cm³/mol. The summed E-state index contributed by atoms with van der Waals surface area (Å²) in [4.78, 5) is 22.6. The number of rotatable bonds is 6. The summed E-state index contributed by atoms with van der Waals surface area (Å²) in [6.07, 6.45) is 1.13. The van der Waals surface area contributed by atoms with Gasteiger partial charge in [0.2, 0.25) is 0 Å². The number of amides is 2. The van der Waals surface area contributed by atoms with Gasteiger partial charge in [-0.25, -0.2) is 9.59 Å². The van der Waals surface area contributed by atoms with Crippen LogP contribution in [-0.4, -0.2) is 23.1 Å². The summed E-state index contributed by atoms with van der Waals surface area (Å²) in [5.41, 5.74) is 1.01. The van der Waals surface area contributed by atoms with Crippen molar-refractivity contribution in [2.45, 2.75) is 38.8 Å². The normalized spacial score (nSPS) is 13.7. The van der Waals surface area contributed by atoms with E-state index in [-0.39, 0.29) is 6.04 Å². The highest BCUT2D eigenvalue weighted by atomic mass is 32.1. The lowest BCUT2D eigenvalue weighted by atomic mass is 10.1. The number of hydrogen-bond acceptors (Lipinski definition) is 3. The molecular weight excluding hydrogens is 252 g/mol. The highest BCUT2D eigenvalue weighted by Crippen LogP contribution is 2.15. The van der Waals surface area contributed by atoms with Crippen molar-refractivity contribution in [3.05, 3.63) is 22.4 Å². The molecule has 0 saturated carbocycles. The van der Waals surface area contributed by atoms with E-state index in [9.17, 15) is 9.59 Å². The van der Waals surface area contributed by atoms with Crippen LogP contribution in [0.4, 0.5) is 4.79 Å². The third-order valence-corrected chi connectivity index (χ3v) is 3.27. The fourth-order valence-corrected chi connectivity index (χ4v) is 2.30. The van der Waals surface area contributed by atoms with E-state index in [1.165, 1.54) is 0 Å². The summed E-state index contributed by atoms with van der Waals surface area (Å²) in [5, 5.41) is 18.0. The smallest absolute Gasteiger partial charge is 0.326 e. The third-order valence-electron chi connectivity index (χ3n) is 2.57. The van der Waals surface area contributed by atoms with Crippen LogP contribution in [0.25, 0.3) is 0 Å². The van der Waals surface area contributed by atoms with E-state index in [0.717, 1.165) is 5.56 Å². The molecule has 18 heavy (non-hydrogen) atoms. The summed E-state index contributed by atoms with van der Waals surface area (Å²) in [6.45, 7) is 3.74. The Kier molecular flexibility index (Phi) is 5.64. The summed E-state index contributed by atoms with van der Waals surface area (Å²) in [5.74, 6) is -1.00. The number of carbonyl (C=O) groups excluding carboxylic acids is 1. The van der Waals surface area contributed by atoms with Crippen LogP contribution in [-0.2, 0) is 4.79 Å². The standard InChI is InChI=1S/C12H18N2O3S/c1-3-4-10(11(15)16)14-12(17)13-8(2)9-5-6-18-7-9/h5-8,10H,3-4H2,1-2H3,(H,15,16)(H2,13,14,17)/t8?,10-/m0/s1. The molecule has 2 atom stereocenters. The van der Waals surface area contributed by atoms with Gasteiger partial charge in [-0.3, -0.25) is 0 Å². The maximum absolute atomic E-state index is 11.7. The van der Waals surface area contributed by atoms with Gasteiger partial charge in [0.05, 0.1) is 6.04 Å². The first kappa shape index (κ1) is 14.5. The second-order valence-corrected chi connectivity index (χ2v) is 4.86. The lowest BCUT2D eigenvalue weighted by molar-refractivity contribution is -0.139. The van der Waals surface area contributed by atoms with Crippen LogP contribution in [0.2, 0.25) is 0 Å². The number of hydrogen-bond donors (Lipinski definition) is 3. The van der Waals surface area contributed by atoms with E-state index < -0.39 is 18.0 Å². The molecule has 0 spiro atoms. The van der Waals surface area contributed by atoms with Crippen LogP contribution in [0.5, 0.6) is 0 Å². The number of carbonyl (C=O) groups is 2. The number of thiophene rings is 1. The van der Waals surface area contributed by atoms with E-state index in [1.54, 1.807) is 11.3 Å². The molecule has 0 radical (unpaired) electrons. The van der Waals surface area contributed by atoms with Gasteiger partial charge in [-0.2, -0.15) is 11.3 Å². The SMILES string of the molecule is CCC[C@H](NC(=O)NC(C)c1ccsc1)C(=O)O. The topological polar surface area (TPSA) is 78.4 Å². The van der Waals surface area contributed by atoms with Crippen molar-refractivity contribution in [3.8, 4) is 0 Å². The summed E-state index contributed by atoms with van der Waals surface area (Å²) < 4.78 is 0. The van der Waals surface area contributed by atoms with Gasteiger partial charge >= 0.3 is 12.0 Å². The van der Waals surface area contributed by atoms with Crippen molar-refractivity contribution < 1.29 is 14.7 Å². The Morgan fingerprint density at radius 2 is 2.17 bits per heavy atom. The molecule has 3 N–H and O–H groups in total. The summed E-state index contributed by atoms with van der Waals surface area (Å²) >= 11 is 1.56. The monoisotopic (exact) mass is 270 g/mol. The van der Waals surface area contributed by atoms with Crippen LogP contribution in [0.15, 0.2) is 16.8 Å². The quantitative estimate of drug-likeness (QED) is 0.742. The van der Waals surface area contributed by atoms with Crippen LogP contribution in [0.1, 0.15) is 38.3 Å². The van der Waals surface area contributed by atoms with Crippen LogP contribution >= 0.6 is 11.3 Å². The van der Waals surface area contributed by atoms with Crippen molar-refractivity contribution >= 4 is 23.3 Å². The molecule has 5 nitrogen and oxygen atoms in total. The van der Waals surface area contributed by atoms with Crippen molar-refractivity contribution in [1.29, 1.82) is 0 Å². The van der Waals surface area contributed by atoms with E-state index in [1.807, 2.05) is 30.7 Å². The van der Waals surface area contributed by atoms with Crippen molar-refractivity contribution in [2.75, 3.05) is 0 Å². The molecular formula is C12H18N2O3S. The zero-order valence-corrected chi connectivity index (χ0v) is 11.3. The first-order valence-corrected chi connectivity index (χ1v) is 6.80. The van der Waals surface area contributed by atoms with E-state index in [2.05, 4.69) is 10.6 Å². The Hall–Kier alpha value is -1.56. The molecule has 0 aliphatic carbocycles. The maximum Gasteiger partial charge on any atom is 0.326 e. The molecule has 1 rings (SSSR count). The molecule has 1 unspecified atom stereocenters. The molecule has 1 aromatic heterocycles. The molecule has 2 amide bonds. The molecule has 100 valence electrons. The van der Waals surface area contributed by atoms with Crippen molar-refractivity contribution in [3.63, 3.8) is 0 Å². The highest BCUT2D eigenvalue weighted by molar-refractivity contribution is 7.07. The van der Waals surface area contributed by atoms with E-state index in [4.69, 9.17) is 5.11 Å². The Labute approximate surface area is 110 Å². The second kappa shape index (κ2) is 7.00. The van der Waals surface area contributed by atoms with Gasteiger partial charge in [0, 0.05) is 0 Å². The predicted octanol–water partition coefficient (Wildman–Crippen LogP) is 2.36. The first-order chi connectivity index (χ1) is 8.54. The van der Waals surface area contributed by atoms with E-state index in [0.29, 0.717) is 12.8 Å². The van der Waals surface area contributed by atoms with Gasteiger partial charge in [0.15, 0.2) is 0 Å². The lowest BCUT2D eigenvalue weighted by Crippen LogP contribution is -2.46. The minimum atomic E-state index is -1.00. The zero-order valence-electron chi connectivity index (χ0n) is 10.5. The molecule has 0 saturated heterocycles. The Morgan fingerprint density at radius 1 is 1.44 bits per heavy atom. The van der Waals surface area contributed by atoms with Crippen LogP contribution < -0.4 is 10.6 Å². The average Bonchev–Trinajstić information content (AvgIpc) is 2.81. The Bertz CT molecular complexity index is 392. The highest BCUT2D eigenvalue weighted by Gasteiger charge is 2.19.